The van der Waals surface area contributed by atoms with E-state index in [1.807, 2.05) is 76.2 Å². The number of amides is 1. The minimum absolute atomic E-state index is 0.214. The van der Waals surface area contributed by atoms with Crippen molar-refractivity contribution in [2.45, 2.75) is 52.2 Å². The van der Waals surface area contributed by atoms with Gasteiger partial charge in [0.05, 0.1) is 12.6 Å². The second kappa shape index (κ2) is 10.7. The highest BCUT2D eigenvalue weighted by molar-refractivity contribution is 5.68. The largest absolute Gasteiger partial charge is 0.493 e. The van der Waals surface area contributed by atoms with Crippen LogP contribution in [-0.4, -0.2) is 35.9 Å². The lowest BCUT2D eigenvalue weighted by molar-refractivity contribution is 0.0494. The molecule has 0 spiro atoms. The standard InChI is InChI=1S/C27H32N2O6/c1-18(29-26(30)35-27(2,3)4)16-31-21-12-10-20(11-13-21)25-28-15-24(34-25)33-23-7-5-6-22(14-23)32-17-19-8-9-19/h5-7,10-15,18-19H,8-9,16-17H2,1-4H3,(H,29,30)/t18-/m0/s1. The van der Waals surface area contributed by atoms with E-state index in [9.17, 15) is 4.79 Å². The van der Waals surface area contributed by atoms with E-state index in [-0.39, 0.29) is 6.04 Å². The van der Waals surface area contributed by atoms with E-state index in [1.165, 1.54) is 12.8 Å². The lowest BCUT2D eigenvalue weighted by Gasteiger charge is -2.22. The Hall–Kier alpha value is -3.68. The van der Waals surface area contributed by atoms with Crippen LogP contribution >= 0.6 is 0 Å². The number of nitrogens with zero attached hydrogens (tertiary/aromatic N) is 1. The first-order valence-electron chi connectivity index (χ1n) is 11.8. The van der Waals surface area contributed by atoms with Gasteiger partial charge in [-0.1, -0.05) is 6.07 Å². The minimum Gasteiger partial charge on any atom is -0.493 e. The maximum Gasteiger partial charge on any atom is 0.407 e. The van der Waals surface area contributed by atoms with Gasteiger partial charge in [0.15, 0.2) is 0 Å². The third kappa shape index (κ3) is 7.95. The molecule has 1 aliphatic rings. The van der Waals surface area contributed by atoms with Crippen molar-refractivity contribution in [2.75, 3.05) is 13.2 Å². The molecule has 1 atom stereocenters. The summed E-state index contributed by atoms with van der Waals surface area (Å²) in [5.74, 6) is 3.48. The van der Waals surface area contributed by atoms with E-state index in [2.05, 4.69) is 10.3 Å². The van der Waals surface area contributed by atoms with E-state index < -0.39 is 11.7 Å². The fraction of sp³-hybridized carbons (Fsp3) is 0.407. The van der Waals surface area contributed by atoms with Crippen molar-refractivity contribution in [1.29, 1.82) is 0 Å². The molecule has 0 aliphatic heterocycles. The number of carbonyl (C=O) groups excluding carboxylic acids is 1. The summed E-state index contributed by atoms with van der Waals surface area (Å²) in [4.78, 5) is 16.2. The van der Waals surface area contributed by atoms with E-state index in [1.54, 1.807) is 6.20 Å². The third-order valence-electron chi connectivity index (χ3n) is 5.06. The molecular formula is C27H32N2O6. The number of ether oxygens (including phenoxy) is 4. The molecule has 1 saturated carbocycles. The number of benzene rings is 2. The Balaban J connectivity index is 1.27. The second-order valence-corrected chi connectivity index (χ2v) is 9.70. The van der Waals surface area contributed by atoms with Crippen LogP contribution in [0.3, 0.4) is 0 Å². The summed E-state index contributed by atoms with van der Waals surface area (Å²) in [7, 11) is 0. The first-order chi connectivity index (χ1) is 16.7. The quantitative estimate of drug-likeness (QED) is 0.368. The van der Waals surface area contributed by atoms with E-state index in [0.29, 0.717) is 35.9 Å². The van der Waals surface area contributed by atoms with E-state index >= 15 is 0 Å². The molecule has 0 saturated heterocycles. The number of hydrogen-bond acceptors (Lipinski definition) is 7. The Morgan fingerprint density at radius 3 is 2.54 bits per heavy atom. The molecule has 1 amide bonds. The third-order valence-corrected chi connectivity index (χ3v) is 5.06. The number of alkyl carbamates (subject to hydrolysis) is 1. The van der Waals surface area contributed by atoms with Gasteiger partial charge in [0.25, 0.3) is 0 Å². The molecule has 0 radical (unpaired) electrons. The predicted octanol–water partition coefficient (Wildman–Crippen LogP) is 6.21. The first-order valence-corrected chi connectivity index (χ1v) is 11.8. The summed E-state index contributed by atoms with van der Waals surface area (Å²) in [6, 6.07) is 14.6. The van der Waals surface area contributed by atoms with Crippen LogP contribution in [0.25, 0.3) is 11.5 Å². The normalized spacial score (nSPS) is 14.2. The van der Waals surface area contributed by atoms with Crippen molar-refractivity contribution in [3.63, 3.8) is 0 Å². The van der Waals surface area contributed by atoms with Crippen LogP contribution in [0.5, 0.6) is 23.2 Å². The van der Waals surface area contributed by atoms with Crippen LogP contribution in [-0.2, 0) is 4.74 Å². The maximum atomic E-state index is 11.8. The number of aromatic nitrogens is 1. The van der Waals surface area contributed by atoms with Crippen LogP contribution < -0.4 is 19.5 Å². The molecule has 1 aromatic heterocycles. The summed E-state index contributed by atoms with van der Waals surface area (Å²) < 4.78 is 28.4. The Labute approximate surface area is 205 Å². The summed E-state index contributed by atoms with van der Waals surface area (Å²) in [5, 5.41) is 2.75. The average Bonchev–Trinajstić information content (AvgIpc) is 3.52. The minimum atomic E-state index is -0.542. The Kier molecular flexibility index (Phi) is 7.48. The predicted molar refractivity (Wildman–Crippen MR) is 131 cm³/mol. The van der Waals surface area contributed by atoms with Gasteiger partial charge in [-0.25, -0.2) is 9.78 Å². The molecule has 4 rings (SSSR count). The number of rotatable bonds is 10. The van der Waals surface area contributed by atoms with Crippen molar-refractivity contribution in [3.05, 3.63) is 54.7 Å². The van der Waals surface area contributed by atoms with E-state index in [0.717, 1.165) is 17.9 Å². The molecule has 1 aliphatic carbocycles. The molecular weight excluding hydrogens is 448 g/mol. The molecule has 1 heterocycles. The zero-order valence-electron chi connectivity index (χ0n) is 20.6. The van der Waals surface area contributed by atoms with Gasteiger partial charge in [0.1, 0.15) is 35.7 Å². The van der Waals surface area contributed by atoms with Gasteiger partial charge in [-0.2, -0.15) is 0 Å². The van der Waals surface area contributed by atoms with Gasteiger partial charge in [-0.3, -0.25) is 0 Å². The highest BCUT2D eigenvalue weighted by Crippen LogP contribution is 2.32. The second-order valence-electron chi connectivity index (χ2n) is 9.70. The van der Waals surface area contributed by atoms with Crippen molar-refractivity contribution < 1.29 is 28.2 Å². The summed E-state index contributed by atoms with van der Waals surface area (Å²) in [6.45, 7) is 8.36. The average molecular weight is 481 g/mol. The van der Waals surface area contributed by atoms with Crippen LogP contribution in [0, 0.1) is 5.92 Å². The Morgan fingerprint density at radius 1 is 1.09 bits per heavy atom. The molecule has 8 nitrogen and oxygen atoms in total. The Bertz CT molecular complexity index is 1120. The zero-order valence-corrected chi connectivity index (χ0v) is 20.6. The SMILES string of the molecule is C[C@@H](COc1ccc(-c2ncc(Oc3cccc(OCC4CC4)c3)o2)cc1)NC(=O)OC(C)(C)C. The molecule has 35 heavy (non-hydrogen) atoms. The molecule has 2 aromatic carbocycles. The number of hydrogen-bond donors (Lipinski definition) is 1. The van der Waals surface area contributed by atoms with Gasteiger partial charge >= 0.3 is 12.0 Å². The van der Waals surface area contributed by atoms with Crippen molar-refractivity contribution in [3.8, 4) is 34.6 Å². The molecule has 1 fully saturated rings. The van der Waals surface area contributed by atoms with Crippen LogP contribution in [0.4, 0.5) is 4.79 Å². The summed E-state index contributed by atoms with van der Waals surface area (Å²) in [6.07, 6.45) is 3.56. The van der Waals surface area contributed by atoms with Crippen molar-refractivity contribution in [1.82, 2.24) is 10.3 Å². The van der Waals surface area contributed by atoms with Crippen LogP contribution in [0.2, 0.25) is 0 Å². The number of oxazole rings is 1. The van der Waals surface area contributed by atoms with Crippen LogP contribution in [0.1, 0.15) is 40.5 Å². The highest BCUT2D eigenvalue weighted by atomic mass is 16.6. The molecule has 0 unspecified atom stereocenters. The monoisotopic (exact) mass is 480 g/mol. The zero-order chi connectivity index (χ0) is 24.8. The smallest absolute Gasteiger partial charge is 0.407 e. The van der Waals surface area contributed by atoms with Gasteiger partial charge in [0.2, 0.25) is 5.89 Å². The van der Waals surface area contributed by atoms with E-state index in [4.69, 9.17) is 23.4 Å². The lowest BCUT2D eigenvalue weighted by Crippen LogP contribution is -2.40. The van der Waals surface area contributed by atoms with Crippen molar-refractivity contribution in [2.24, 2.45) is 5.92 Å². The van der Waals surface area contributed by atoms with Gasteiger partial charge < -0.3 is 28.7 Å². The maximum absolute atomic E-state index is 11.8. The fourth-order valence-electron chi connectivity index (χ4n) is 3.15. The first kappa shape index (κ1) is 24.4. The number of carbonyl (C=O) groups is 1. The molecule has 186 valence electrons. The molecule has 0 bridgehead atoms. The lowest BCUT2D eigenvalue weighted by atomic mass is 10.2. The van der Waals surface area contributed by atoms with Crippen LogP contribution in [0.15, 0.2) is 59.1 Å². The van der Waals surface area contributed by atoms with Gasteiger partial charge in [-0.15, -0.1) is 0 Å². The molecule has 8 heteroatoms. The van der Waals surface area contributed by atoms with Crippen molar-refractivity contribution >= 4 is 6.09 Å². The highest BCUT2D eigenvalue weighted by Gasteiger charge is 2.22. The number of nitrogens with one attached hydrogen (secondary N) is 1. The summed E-state index contributed by atoms with van der Waals surface area (Å²) in [5.41, 5.74) is 0.243. The molecule has 3 aromatic rings. The summed E-state index contributed by atoms with van der Waals surface area (Å²) >= 11 is 0. The fourth-order valence-corrected chi connectivity index (χ4v) is 3.15. The Morgan fingerprint density at radius 2 is 1.83 bits per heavy atom. The van der Waals surface area contributed by atoms with Gasteiger partial charge in [-0.05, 0) is 82.9 Å². The topological polar surface area (TPSA) is 92.0 Å². The van der Waals surface area contributed by atoms with Gasteiger partial charge in [0, 0.05) is 11.6 Å². The molecule has 1 N–H and O–H groups in total.